The fourth-order valence-electron chi connectivity index (χ4n) is 1.63. The summed E-state index contributed by atoms with van der Waals surface area (Å²) >= 11 is 6.01. The normalized spacial score (nSPS) is 10.2. The first-order valence-corrected chi connectivity index (χ1v) is 5.95. The van der Waals surface area contributed by atoms with Crippen LogP contribution in [0.5, 0.6) is 11.5 Å². The zero-order chi connectivity index (χ0) is 14.0. The Kier molecular flexibility index (Phi) is 3.62. The van der Waals surface area contributed by atoms with Gasteiger partial charge in [0.05, 0.1) is 16.3 Å². The van der Waals surface area contributed by atoms with Gasteiger partial charge in [-0.15, -0.1) is 0 Å². The predicted molar refractivity (Wildman–Crippen MR) is 73.9 cm³/mol. The number of para-hydroxylation sites is 1. The molecular formula is C14H12ClNO3. The number of carbonyl (C=O) groups is 1. The van der Waals surface area contributed by atoms with Crippen molar-refractivity contribution in [2.45, 2.75) is 6.92 Å². The average molecular weight is 278 g/mol. The highest BCUT2D eigenvalue weighted by Gasteiger charge is 2.15. The highest BCUT2D eigenvalue weighted by molar-refractivity contribution is 6.34. The van der Waals surface area contributed by atoms with E-state index in [2.05, 4.69) is 5.32 Å². The van der Waals surface area contributed by atoms with E-state index in [1.807, 2.05) is 13.0 Å². The lowest BCUT2D eigenvalue weighted by atomic mass is 10.1. The Hall–Kier alpha value is -2.20. The molecule has 2 aromatic carbocycles. The van der Waals surface area contributed by atoms with Gasteiger partial charge in [0.25, 0.3) is 5.91 Å². The lowest BCUT2D eigenvalue weighted by Crippen LogP contribution is -2.12. The third-order valence-corrected chi connectivity index (χ3v) is 2.94. The van der Waals surface area contributed by atoms with Gasteiger partial charge in [0.2, 0.25) is 0 Å². The summed E-state index contributed by atoms with van der Waals surface area (Å²) in [6, 6.07) is 9.39. The summed E-state index contributed by atoms with van der Waals surface area (Å²) in [6.07, 6.45) is 0. The number of amides is 1. The van der Waals surface area contributed by atoms with Crippen molar-refractivity contribution in [2.75, 3.05) is 5.32 Å². The van der Waals surface area contributed by atoms with Crippen LogP contribution in [0.25, 0.3) is 0 Å². The van der Waals surface area contributed by atoms with Crippen LogP contribution in [0, 0.1) is 6.92 Å². The summed E-state index contributed by atoms with van der Waals surface area (Å²) in [5.74, 6) is -1.34. The number of aromatic hydroxyl groups is 2. The van der Waals surface area contributed by atoms with Crippen LogP contribution in [0.15, 0.2) is 36.4 Å². The van der Waals surface area contributed by atoms with Crippen molar-refractivity contribution >= 4 is 23.2 Å². The molecule has 0 saturated heterocycles. The van der Waals surface area contributed by atoms with Gasteiger partial charge in [-0.1, -0.05) is 23.7 Å². The molecule has 0 bridgehead atoms. The van der Waals surface area contributed by atoms with Gasteiger partial charge in [-0.25, -0.2) is 0 Å². The molecule has 0 radical (unpaired) electrons. The minimum absolute atomic E-state index is 0.0170. The van der Waals surface area contributed by atoms with Crippen LogP contribution >= 0.6 is 11.6 Å². The van der Waals surface area contributed by atoms with E-state index in [1.165, 1.54) is 18.2 Å². The van der Waals surface area contributed by atoms with Gasteiger partial charge in [0.15, 0.2) is 11.5 Å². The maximum absolute atomic E-state index is 12.0. The molecule has 4 nitrogen and oxygen atoms in total. The van der Waals surface area contributed by atoms with E-state index >= 15 is 0 Å². The smallest absolute Gasteiger partial charge is 0.259 e. The highest BCUT2D eigenvalue weighted by atomic mass is 35.5. The van der Waals surface area contributed by atoms with E-state index in [4.69, 9.17) is 11.6 Å². The lowest BCUT2D eigenvalue weighted by molar-refractivity contribution is 0.102. The highest BCUT2D eigenvalue weighted by Crippen LogP contribution is 2.30. The summed E-state index contributed by atoms with van der Waals surface area (Å²) in [5.41, 5.74) is 1.40. The third-order valence-electron chi connectivity index (χ3n) is 2.63. The summed E-state index contributed by atoms with van der Waals surface area (Å²) in [4.78, 5) is 12.0. The van der Waals surface area contributed by atoms with Crippen molar-refractivity contribution in [2.24, 2.45) is 0 Å². The van der Waals surface area contributed by atoms with Gasteiger partial charge in [0.1, 0.15) is 0 Å². The number of anilines is 1. The molecule has 98 valence electrons. The molecule has 0 heterocycles. The third kappa shape index (κ3) is 2.80. The predicted octanol–water partition coefficient (Wildman–Crippen LogP) is 3.31. The van der Waals surface area contributed by atoms with Gasteiger partial charge in [-0.05, 0) is 36.8 Å². The number of hydrogen-bond donors (Lipinski definition) is 3. The van der Waals surface area contributed by atoms with Crippen molar-refractivity contribution in [3.05, 3.63) is 52.5 Å². The topological polar surface area (TPSA) is 69.6 Å². The molecule has 0 saturated carbocycles. The monoisotopic (exact) mass is 277 g/mol. The Morgan fingerprint density at radius 2 is 1.95 bits per heavy atom. The van der Waals surface area contributed by atoms with E-state index in [-0.39, 0.29) is 11.3 Å². The average Bonchev–Trinajstić information content (AvgIpc) is 2.36. The minimum Gasteiger partial charge on any atom is -0.504 e. The van der Waals surface area contributed by atoms with Gasteiger partial charge >= 0.3 is 0 Å². The second-order valence-corrected chi connectivity index (χ2v) is 4.52. The number of hydrogen-bond acceptors (Lipinski definition) is 3. The van der Waals surface area contributed by atoms with Crippen molar-refractivity contribution in [3.63, 3.8) is 0 Å². The zero-order valence-electron chi connectivity index (χ0n) is 10.1. The number of benzene rings is 2. The SMILES string of the molecule is Cc1ccc(NC(=O)c2cccc(O)c2O)c(Cl)c1. The number of halogens is 1. The standard InChI is InChI=1S/C14H12ClNO3/c1-8-5-6-11(10(15)7-8)16-14(19)9-3-2-4-12(17)13(9)18/h2-7,17-18H,1H3,(H,16,19). The van der Waals surface area contributed by atoms with E-state index in [1.54, 1.807) is 12.1 Å². The van der Waals surface area contributed by atoms with Crippen LogP contribution in [0.1, 0.15) is 15.9 Å². The molecule has 0 spiro atoms. The number of carbonyl (C=O) groups excluding carboxylic acids is 1. The first-order chi connectivity index (χ1) is 8.99. The Labute approximate surface area is 115 Å². The fourth-order valence-corrected chi connectivity index (χ4v) is 1.91. The van der Waals surface area contributed by atoms with Crippen LogP contribution in [-0.4, -0.2) is 16.1 Å². The fraction of sp³-hybridized carbons (Fsp3) is 0.0714. The van der Waals surface area contributed by atoms with Crippen LogP contribution in [0.2, 0.25) is 5.02 Å². The zero-order valence-corrected chi connectivity index (χ0v) is 10.9. The Morgan fingerprint density at radius 3 is 2.63 bits per heavy atom. The number of phenols is 2. The molecule has 3 N–H and O–H groups in total. The molecule has 19 heavy (non-hydrogen) atoms. The Morgan fingerprint density at radius 1 is 1.21 bits per heavy atom. The van der Waals surface area contributed by atoms with Crippen molar-refractivity contribution in [3.8, 4) is 11.5 Å². The Balaban J connectivity index is 2.28. The van der Waals surface area contributed by atoms with E-state index in [9.17, 15) is 15.0 Å². The summed E-state index contributed by atoms with van der Waals surface area (Å²) in [6.45, 7) is 1.89. The molecule has 0 unspecified atom stereocenters. The quantitative estimate of drug-likeness (QED) is 0.738. The van der Waals surface area contributed by atoms with Gasteiger partial charge in [-0.3, -0.25) is 4.79 Å². The molecule has 5 heteroatoms. The summed E-state index contributed by atoms with van der Waals surface area (Å²) in [5, 5.41) is 22.0. The minimum atomic E-state index is -0.542. The van der Waals surface area contributed by atoms with Crippen LogP contribution in [-0.2, 0) is 0 Å². The molecular weight excluding hydrogens is 266 g/mol. The first kappa shape index (κ1) is 13.2. The van der Waals surface area contributed by atoms with Crippen LogP contribution in [0.4, 0.5) is 5.69 Å². The van der Waals surface area contributed by atoms with Gasteiger partial charge < -0.3 is 15.5 Å². The Bertz CT molecular complexity index is 641. The van der Waals surface area contributed by atoms with Crippen molar-refractivity contribution in [1.82, 2.24) is 0 Å². The van der Waals surface area contributed by atoms with Gasteiger partial charge in [-0.2, -0.15) is 0 Å². The molecule has 0 atom stereocenters. The van der Waals surface area contributed by atoms with Crippen molar-refractivity contribution in [1.29, 1.82) is 0 Å². The largest absolute Gasteiger partial charge is 0.504 e. The molecule has 2 rings (SSSR count). The molecule has 0 aliphatic rings. The van der Waals surface area contributed by atoms with Crippen molar-refractivity contribution < 1.29 is 15.0 Å². The maximum Gasteiger partial charge on any atom is 0.259 e. The number of aryl methyl sites for hydroxylation is 1. The second kappa shape index (κ2) is 5.20. The van der Waals surface area contributed by atoms with Gasteiger partial charge in [0, 0.05) is 0 Å². The van der Waals surface area contributed by atoms with E-state index in [0.717, 1.165) is 5.56 Å². The molecule has 0 aromatic heterocycles. The number of rotatable bonds is 2. The van der Waals surface area contributed by atoms with E-state index < -0.39 is 11.7 Å². The molecule has 0 aliphatic heterocycles. The molecule has 0 aliphatic carbocycles. The molecule has 2 aromatic rings. The first-order valence-electron chi connectivity index (χ1n) is 5.57. The molecule has 1 amide bonds. The van der Waals surface area contributed by atoms with E-state index in [0.29, 0.717) is 10.7 Å². The second-order valence-electron chi connectivity index (χ2n) is 4.11. The molecule has 0 fully saturated rings. The maximum atomic E-state index is 12.0. The number of nitrogens with one attached hydrogen (secondary N) is 1. The number of phenolic OH excluding ortho intramolecular Hbond substituents is 2. The van der Waals surface area contributed by atoms with Crippen LogP contribution < -0.4 is 5.32 Å². The summed E-state index contributed by atoms with van der Waals surface area (Å²) in [7, 11) is 0. The lowest BCUT2D eigenvalue weighted by Gasteiger charge is -2.09. The van der Waals surface area contributed by atoms with Crippen LogP contribution in [0.3, 0.4) is 0 Å². The summed E-state index contributed by atoms with van der Waals surface area (Å²) < 4.78 is 0.